The van der Waals surface area contributed by atoms with Gasteiger partial charge in [0, 0.05) is 49.7 Å². The van der Waals surface area contributed by atoms with Crippen molar-refractivity contribution < 1.29 is 13.9 Å². The molecule has 0 saturated heterocycles. The molecule has 1 unspecified atom stereocenters. The van der Waals surface area contributed by atoms with E-state index in [0.29, 0.717) is 40.3 Å². The number of aromatic nitrogens is 3. The molecule has 35 heavy (non-hydrogen) atoms. The minimum absolute atomic E-state index is 0.125. The Morgan fingerprint density at radius 2 is 2.14 bits per heavy atom. The number of halogens is 2. The summed E-state index contributed by atoms with van der Waals surface area (Å²) in [7, 11) is 2.03. The van der Waals surface area contributed by atoms with E-state index in [0.717, 1.165) is 30.8 Å². The monoisotopic (exact) mass is 477 g/mol. The topological polar surface area (TPSA) is 110 Å². The van der Waals surface area contributed by atoms with Crippen LogP contribution in [-0.4, -0.2) is 51.5 Å². The molecule has 10 heteroatoms. The molecule has 1 atom stereocenters. The van der Waals surface area contributed by atoms with Crippen LogP contribution in [0.25, 0.3) is 11.3 Å². The Bertz CT molecular complexity index is 1340. The summed E-state index contributed by atoms with van der Waals surface area (Å²) in [5.74, 6) is 0.122. The van der Waals surface area contributed by atoms with Crippen LogP contribution in [-0.2, 0) is 18.4 Å². The van der Waals surface area contributed by atoms with Crippen LogP contribution in [0, 0.1) is 11.3 Å². The highest BCUT2D eigenvalue weighted by molar-refractivity contribution is 5.76. The summed E-state index contributed by atoms with van der Waals surface area (Å²) >= 11 is 0. The van der Waals surface area contributed by atoms with Crippen molar-refractivity contribution in [2.24, 2.45) is 0 Å². The number of likely N-dealkylation sites (N-methyl/N-ethyl adjacent to an activating group) is 1. The average Bonchev–Trinajstić information content (AvgIpc) is 3.15. The van der Waals surface area contributed by atoms with Crippen molar-refractivity contribution in [1.29, 1.82) is 5.26 Å². The molecule has 0 saturated carbocycles. The lowest BCUT2D eigenvalue weighted by atomic mass is 9.80. The van der Waals surface area contributed by atoms with Gasteiger partial charge in [0.1, 0.15) is 11.8 Å². The molecule has 2 aliphatic heterocycles. The largest absolute Gasteiger partial charge is 0.492 e. The number of fused-ring (bicyclic) bond motifs is 2. The van der Waals surface area contributed by atoms with Gasteiger partial charge in [-0.3, -0.25) is 0 Å². The molecule has 0 amide bonds. The van der Waals surface area contributed by atoms with Crippen LogP contribution in [0.5, 0.6) is 5.88 Å². The highest BCUT2D eigenvalue weighted by Crippen LogP contribution is 2.44. The molecule has 3 aromatic rings. The molecule has 5 rings (SSSR count). The maximum atomic E-state index is 13.3. The third-order valence-electron chi connectivity index (χ3n) is 6.71. The molecule has 2 aromatic heterocycles. The van der Waals surface area contributed by atoms with Crippen LogP contribution in [0.3, 0.4) is 0 Å². The zero-order valence-corrected chi connectivity index (χ0v) is 19.4. The summed E-state index contributed by atoms with van der Waals surface area (Å²) in [5.41, 5.74) is 4.32. The van der Waals surface area contributed by atoms with Gasteiger partial charge >= 0.3 is 0 Å². The molecule has 0 aliphatic carbocycles. The molecule has 0 radical (unpaired) electrons. The van der Waals surface area contributed by atoms with Gasteiger partial charge in [-0.1, -0.05) is 6.92 Å². The number of nitriles is 1. The molecule has 2 aliphatic rings. The van der Waals surface area contributed by atoms with Crippen LogP contribution in [0.4, 0.5) is 26.1 Å². The van der Waals surface area contributed by atoms with Crippen LogP contribution in [0.15, 0.2) is 30.5 Å². The molecule has 0 fully saturated rings. The van der Waals surface area contributed by atoms with Crippen molar-refractivity contribution in [3.05, 3.63) is 52.8 Å². The van der Waals surface area contributed by atoms with Gasteiger partial charge in [-0.2, -0.15) is 5.26 Å². The van der Waals surface area contributed by atoms with E-state index in [4.69, 9.17) is 0 Å². The number of anilines is 3. The third kappa shape index (κ3) is 4.35. The first-order valence-corrected chi connectivity index (χ1v) is 11.4. The second-order valence-corrected chi connectivity index (χ2v) is 9.41. The Morgan fingerprint density at radius 1 is 1.31 bits per heavy atom. The highest BCUT2D eigenvalue weighted by atomic mass is 19.3. The summed E-state index contributed by atoms with van der Waals surface area (Å²) in [4.78, 5) is 15.3. The summed E-state index contributed by atoms with van der Waals surface area (Å²) < 4.78 is 26.6. The Balaban J connectivity index is 1.49. The number of hydrogen-bond donors (Lipinski definition) is 3. The molecular weight excluding hydrogens is 452 g/mol. The number of pyridine rings is 1. The summed E-state index contributed by atoms with van der Waals surface area (Å²) in [6, 6.07) is 9.23. The van der Waals surface area contributed by atoms with E-state index >= 15 is 0 Å². The van der Waals surface area contributed by atoms with Crippen molar-refractivity contribution in [3.63, 3.8) is 0 Å². The van der Waals surface area contributed by atoms with Crippen LogP contribution in [0.2, 0.25) is 0 Å². The van der Waals surface area contributed by atoms with Gasteiger partial charge in [0.15, 0.2) is 0 Å². The highest BCUT2D eigenvalue weighted by Gasteiger charge is 2.38. The lowest BCUT2D eigenvalue weighted by molar-refractivity contribution is 0.111. The van der Waals surface area contributed by atoms with Crippen molar-refractivity contribution >= 4 is 17.3 Å². The van der Waals surface area contributed by atoms with E-state index in [9.17, 15) is 19.1 Å². The lowest BCUT2D eigenvalue weighted by Gasteiger charge is -2.25. The summed E-state index contributed by atoms with van der Waals surface area (Å²) in [6.07, 6.45) is -0.436. The molecular formula is C25H25F2N7O. The van der Waals surface area contributed by atoms with E-state index in [1.165, 1.54) is 0 Å². The first-order valence-electron chi connectivity index (χ1n) is 11.4. The Labute approximate surface area is 201 Å². The minimum atomic E-state index is -2.46. The van der Waals surface area contributed by atoms with Crippen molar-refractivity contribution in [1.82, 2.24) is 19.9 Å². The predicted octanol–water partition coefficient (Wildman–Crippen LogP) is 4.19. The van der Waals surface area contributed by atoms with Gasteiger partial charge in [0.25, 0.3) is 0 Å². The average molecular weight is 478 g/mol. The van der Waals surface area contributed by atoms with Gasteiger partial charge in [-0.15, -0.1) is 0 Å². The number of aromatic hydroxyl groups is 1. The SMILES string of the molecule is CN1CCc2nc(O)c(Nc3nccc(-c4cc(C#N)c5c(c4)C(C)(CC(F)F)CN5)n3)cc2C1. The van der Waals surface area contributed by atoms with Crippen molar-refractivity contribution in [3.8, 4) is 23.2 Å². The second kappa shape index (κ2) is 8.74. The van der Waals surface area contributed by atoms with Crippen molar-refractivity contribution in [2.75, 3.05) is 30.8 Å². The standard InChI is InChI=1S/C25H25F2N7O/c1-25(10-21(26)27)13-30-22-15(11-28)7-14(8-17(22)25)18-3-5-29-24(32-18)33-20-9-16-12-34(2)6-4-19(16)31-23(20)35/h3,5,7-9,21,30H,4,6,10,12-13H2,1-2H3,(H,31,35)(H,29,32,33). The van der Waals surface area contributed by atoms with Gasteiger partial charge in [-0.05, 0) is 42.4 Å². The fourth-order valence-electron chi connectivity index (χ4n) is 4.84. The smallest absolute Gasteiger partial charge is 0.239 e. The first-order chi connectivity index (χ1) is 16.8. The zero-order valence-electron chi connectivity index (χ0n) is 19.4. The fourth-order valence-corrected chi connectivity index (χ4v) is 4.84. The van der Waals surface area contributed by atoms with Gasteiger partial charge in [0.2, 0.25) is 18.3 Å². The molecule has 1 aromatic carbocycles. The number of nitrogens with one attached hydrogen (secondary N) is 2. The number of benzene rings is 1. The number of rotatable bonds is 5. The maximum Gasteiger partial charge on any atom is 0.239 e. The quantitative estimate of drug-likeness (QED) is 0.502. The molecule has 0 bridgehead atoms. The van der Waals surface area contributed by atoms with E-state index in [1.54, 1.807) is 25.3 Å². The van der Waals surface area contributed by atoms with Crippen LogP contribution in [0.1, 0.15) is 35.7 Å². The van der Waals surface area contributed by atoms with Crippen LogP contribution < -0.4 is 10.6 Å². The fraction of sp³-hybridized carbons (Fsp3) is 0.360. The Hall–Kier alpha value is -3.84. The van der Waals surface area contributed by atoms with Gasteiger partial charge in [0.05, 0.1) is 22.6 Å². The van der Waals surface area contributed by atoms with Gasteiger partial charge in [-0.25, -0.2) is 23.7 Å². The van der Waals surface area contributed by atoms with Crippen LogP contribution >= 0.6 is 0 Å². The van der Waals surface area contributed by atoms with E-state index < -0.39 is 11.8 Å². The molecule has 0 spiro atoms. The number of nitrogens with zero attached hydrogens (tertiary/aromatic N) is 5. The second-order valence-electron chi connectivity index (χ2n) is 9.41. The number of alkyl halides is 2. The lowest BCUT2D eigenvalue weighted by Crippen LogP contribution is -2.27. The van der Waals surface area contributed by atoms with E-state index in [2.05, 4.69) is 36.6 Å². The number of hydrogen-bond acceptors (Lipinski definition) is 8. The molecule has 3 N–H and O–H groups in total. The molecule has 180 valence electrons. The summed E-state index contributed by atoms with van der Waals surface area (Å²) in [5, 5.41) is 26.3. The maximum absolute atomic E-state index is 13.3. The Morgan fingerprint density at radius 3 is 2.91 bits per heavy atom. The van der Waals surface area contributed by atoms with Crippen molar-refractivity contribution in [2.45, 2.75) is 38.2 Å². The predicted molar refractivity (Wildman–Crippen MR) is 128 cm³/mol. The molecule has 8 nitrogen and oxygen atoms in total. The minimum Gasteiger partial charge on any atom is -0.492 e. The Kier molecular flexibility index (Phi) is 5.73. The van der Waals surface area contributed by atoms with E-state index in [1.807, 2.05) is 19.2 Å². The molecule has 4 heterocycles. The van der Waals surface area contributed by atoms with Gasteiger partial charge < -0.3 is 20.6 Å². The summed E-state index contributed by atoms with van der Waals surface area (Å²) in [6.45, 7) is 3.73. The van der Waals surface area contributed by atoms with E-state index in [-0.39, 0.29) is 18.2 Å². The normalized spacial score (nSPS) is 19.1. The first kappa shape index (κ1) is 22.9. The third-order valence-corrected chi connectivity index (χ3v) is 6.71. The zero-order chi connectivity index (χ0) is 24.7.